The number of non-ortho nitro benzene ring substituents is 1. The first kappa shape index (κ1) is 18.0. The maximum absolute atomic E-state index is 12.2. The van der Waals surface area contributed by atoms with Crippen molar-refractivity contribution in [2.45, 2.75) is 18.7 Å². The number of aryl methyl sites for hydroxylation is 1. The van der Waals surface area contributed by atoms with Crippen molar-refractivity contribution in [1.29, 1.82) is 0 Å². The number of hydrogen-bond donors (Lipinski definition) is 3. The zero-order valence-corrected chi connectivity index (χ0v) is 12.8. The molecule has 0 aliphatic rings. The highest BCUT2D eigenvalue weighted by molar-refractivity contribution is 7.90. The number of nitrogens with zero attached hydrogens (tertiary/aromatic N) is 1. The summed E-state index contributed by atoms with van der Waals surface area (Å²) in [5, 5.41) is 28.9. The number of benzene rings is 1. The molecule has 0 atom stereocenters. The predicted molar refractivity (Wildman–Crippen MR) is 75.4 cm³/mol. The van der Waals surface area contributed by atoms with Gasteiger partial charge in [0.25, 0.3) is 15.7 Å². The molecule has 0 aromatic heterocycles. The van der Waals surface area contributed by atoms with Crippen LogP contribution in [0.5, 0.6) is 0 Å². The number of nitrogens with one attached hydrogen (secondary N) is 1. The molecular formula is C12H16N2O7S. The Bertz CT molecular complexity index is 695. The molecule has 0 heterocycles. The summed E-state index contributed by atoms with van der Waals surface area (Å²) in [5.74, 6) is -1.11. The fraction of sp³-hybridized carbons (Fsp3) is 0.417. The van der Waals surface area contributed by atoms with Crippen LogP contribution in [0.1, 0.15) is 12.5 Å². The normalized spacial score (nSPS) is 12.0. The lowest BCUT2D eigenvalue weighted by Crippen LogP contribution is -2.46. The average molecular weight is 332 g/mol. The lowest BCUT2D eigenvalue weighted by molar-refractivity contribution is -0.385. The van der Waals surface area contributed by atoms with Gasteiger partial charge >= 0.3 is 0 Å². The third-order valence-electron chi connectivity index (χ3n) is 3.15. The van der Waals surface area contributed by atoms with Crippen molar-refractivity contribution in [3.63, 3.8) is 0 Å². The second-order valence-electron chi connectivity index (χ2n) is 5.02. The molecule has 10 heteroatoms. The number of sulfonamides is 1. The molecule has 1 aromatic rings. The van der Waals surface area contributed by atoms with Crippen molar-refractivity contribution < 1.29 is 28.3 Å². The number of rotatable bonds is 6. The minimum Gasteiger partial charge on any atom is -0.395 e. The fourth-order valence-electron chi connectivity index (χ4n) is 1.49. The number of aliphatic hydroxyl groups excluding tert-OH is 2. The van der Waals surface area contributed by atoms with Gasteiger partial charge in [-0.2, -0.15) is 0 Å². The van der Waals surface area contributed by atoms with Crippen LogP contribution in [-0.2, 0) is 14.8 Å². The van der Waals surface area contributed by atoms with E-state index in [1.54, 1.807) is 4.72 Å². The fourth-order valence-corrected chi connectivity index (χ4v) is 2.85. The number of hydrogen-bond acceptors (Lipinski definition) is 7. The van der Waals surface area contributed by atoms with E-state index in [0.29, 0.717) is 0 Å². The molecule has 0 unspecified atom stereocenters. The minimum atomic E-state index is -4.38. The van der Waals surface area contributed by atoms with Crippen molar-refractivity contribution in [2.24, 2.45) is 5.41 Å². The summed E-state index contributed by atoms with van der Waals surface area (Å²) in [6.45, 7) is 1.07. The van der Waals surface area contributed by atoms with Crippen molar-refractivity contribution in [3.05, 3.63) is 33.9 Å². The van der Waals surface area contributed by atoms with Crippen LogP contribution >= 0.6 is 0 Å². The third kappa shape index (κ3) is 3.59. The summed E-state index contributed by atoms with van der Waals surface area (Å²) in [5.41, 5.74) is -1.92. The van der Waals surface area contributed by atoms with Crippen molar-refractivity contribution in [3.8, 4) is 0 Å². The van der Waals surface area contributed by atoms with Crippen LogP contribution in [0, 0.1) is 22.5 Å². The van der Waals surface area contributed by atoms with Gasteiger partial charge in [-0.25, -0.2) is 13.1 Å². The maximum Gasteiger partial charge on any atom is 0.270 e. The first-order valence-electron chi connectivity index (χ1n) is 6.11. The Morgan fingerprint density at radius 3 is 2.36 bits per heavy atom. The van der Waals surface area contributed by atoms with Gasteiger partial charge in [-0.1, -0.05) is 6.07 Å². The maximum atomic E-state index is 12.2. The number of nitro groups is 1. The van der Waals surface area contributed by atoms with Crippen molar-refractivity contribution >= 4 is 21.6 Å². The summed E-state index contributed by atoms with van der Waals surface area (Å²) in [6.07, 6.45) is 0. The van der Waals surface area contributed by atoms with Crippen LogP contribution in [0.15, 0.2) is 23.1 Å². The Morgan fingerprint density at radius 2 is 1.91 bits per heavy atom. The molecule has 122 valence electrons. The molecule has 0 spiro atoms. The zero-order valence-electron chi connectivity index (χ0n) is 11.9. The Labute approximate surface area is 126 Å². The molecule has 1 aromatic carbocycles. The number of nitro benzene ring substituents is 1. The molecular weight excluding hydrogens is 316 g/mol. The van der Waals surface area contributed by atoms with Gasteiger partial charge in [-0.05, 0) is 19.4 Å². The minimum absolute atomic E-state index is 0.209. The van der Waals surface area contributed by atoms with Gasteiger partial charge in [-0.15, -0.1) is 0 Å². The molecule has 9 nitrogen and oxygen atoms in total. The van der Waals surface area contributed by atoms with Crippen LogP contribution in [0.4, 0.5) is 5.69 Å². The molecule has 0 saturated heterocycles. The van der Waals surface area contributed by atoms with E-state index in [9.17, 15) is 23.3 Å². The smallest absolute Gasteiger partial charge is 0.270 e. The summed E-state index contributed by atoms with van der Waals surface area (Å²) in [4.78, 5) is 21.4. The number of carbonyl (C=O) groups is 1. The van der Waals surface area contributed by atoms with Crippen LogP contribution in [0.2, 0.25) is 0 Å². The standard InChI is InChI=1S/C12H16N2O7S/c1-8-3-4-9(14(18)19)5-10(8)22(20,21)13-11(17)12(2,6-15)7-16/h3-5,15-16H,6-7H2,1-2H3,(H,13,17). The summed E-state index contributed by atoms with van der Waals surface area (Å²) in [7, 11) is -4.38. The van der Waals surface area contributed by atoms with Gasteiger partial charge in [-0.3, -0.25) is 14.9 Å². The molecule has 22 heavy (non-hydrogen) atoms. The van der Waals surface area contributed by atoms with Crippen LogP contribution in [-0.4, -0.2) is 42.7 Å². The monoisotopic (exact) mass is 332 g/mol. The first-order chi connectivity index (χ1) is 10.1. The summed E-state index contributed by atoms with van der Waals surface area (Å²) < 4.78 is 26.1. The Hall–Kier alpha value is -2.04. The van der Waals surface area contributed by atoms with E-state index >= 15 is 0 Å². The van der Waals surface area contributed by atoms with Gasteiger partial charge < -0.3 is 10.2 Å². The molecule has 0 bridgehead atoms. The van der Waals surface area contributed by atoms with Crippen LogP contribution < -0.4 is 4.72 Å². The first-order valence-corrected chi connectivity index (χ1v) is 7.60. The molecule has 3 N–H and O–H groups in total. The average Bonchev–Trinajstić information content (AvgIpc) is 2.45. The lowest BCUT2D eigenvalue weighted by Gasteiger charge is -2.23. The molecule has 1 amide bonds. The molecule has 0 aliphatic heterocycles. The SMILES string of the molecule is Cc1ccc([N+](=O)[O-])cc1S(=O)(=O)NC(=O)C(C)(CO)CO. The summed E-state index contributed by atoms with van der Waals surface area (Å²) >= 11 is 0. The Balaban J connectivity index is 3.23. The zero-order chi connectivity index (χ0) is 17.1. The largest absolute Gasteiger partial charge is 0.395 e. The molecule has 0 radical (unpaired) electrons. The number of amides is 1. The number of carbonyl (C=O) groups excluding carboxylic acids is 1. The summed E-state index contributed by atoms with van der Waals surface area (Å²) in [6, 6.07) is 3.22. The molecule has 1 rings (SSSR count). The van der Waals surface area contributed by atoms with Gasteiger partial charge in [0.1, 0.15) is 0 Å². The highest BCUT2D eigenvalue weighted by Gasteiger charge is 2.35. The van der Waals surface area contributed by atoms with Gasteiger partial charge in [0.15, 0.2) is 0 Å². The van der Waals surface area contributed by atoms with E-state index in [2.05, 4.69) is 0 Å². The highest BCUT2D eigenvalue weighted by Crippen LogP contribution is 2.23. The van der Waals surface area contributed by atoms with E-state index < -0.39 is 50.1 Å². The Kier molecular flexibility index (Phi) is 5.22. The van der Waals surface area contributed by atoms with E-state index in [4.69, 9.17) is 10.2 Å². The van der Waals surface area contributed by atoms with Crippen molar-refractivity contribution in [1.82, 2.24) is 4.72 Å². The van der Waals surface area contributed by atoms with Gasteiger partial charge in [0, 0.05) is 12.1 Å². The van der Waals surface area contributed by atoms with E-state index in [1.807, 2.05) is 0 Å². The second-order valence-corrected chi connectivity index (χ2v) is 6.67. The lowest BCUT2D eigenvalue weighted by atomic mass is 9.92. The topological polar surface area (TPSA) is 147 Å². The van der Waals surface area contributed by atoms with Crippen LogP contribution in [0.3, 0.4) is 0 Å². The quantitative estimate of drug-likeness (QED) is 0.478. The van der Waals surface area contributed by atoms with E-state index in [1.165, 1.54) is 19.9 Å². The third-order valence-corrected chi connectivity index (χ3v) is 4.62. The second kappa shape index (κ2) is 6.38. The highest BCUT2D eigenvalue weighted by atomic mass is 32.2. The van der Waals surface area contributed by atoms with Gasteiger partial charge in [0.05, 0.1) is 28.4 Å². The van der Waals surface area contributed by atoms with E-state index in [-0.39, 0.29) is 5.56 Å². The Morgan fingerprint density at radius 1 is 1.36 bits per heavy atom. The van der Waals surface area contributed by atoms with E-state index in [0.717, 1.165) is 12.1 Å². The van der Waals surface area contributed by atoms with Gasteiger partial charge in [0.2, 0.25) is 5.91 Å². The molecule has 0 aliphatic carbocycles. The van der Waals surface area contributed by atoms with Crippen molar-refractivity contribution in [2.75, 3.05) is 13.2 Å². The predicted octanol–water partition coefficient (Wildman–Crippen LogP) is -0.301. The molecule has 0 saturated carbocycles. The number of aliphatic hydroxyl groups is 2. The van der Waals surface area contributed by atoms with Crippen LogP contribution in [0.25, 0.3) is 0 Å². The molecule has 0 fully saturated rings.